The van der Waals surface area contributed by atoms with Gasteiger partial charge in [-0.05, 0) is 36.6 Å². The molecule has 30 heavy (non-hydrogen) atoms. The van der Waals surface area contributed by atoms with Gasteiger partial charge in [-0.15, -0.1) is 0 Å². The Bertz CT molecular complexity index is 1130. The van der Waals surface area contributed by atoms with Gasteiger partial charge in [0.05, 0.1) is 25.5 Å². The summed E-state index contributed by atoms with van der Waals surface area (Å²) >= 11 is 0. The second-order valence-corrected chi connectivity index (χ2v) is 7.69. The van der Waals surface area contributed by atoms with Gasteiger partial charge in [-0.2, -0.15) is 0 Å². The van der Waals surface area contributed by atoms with Crippen LogP contribution in [0.15, 0.2) is 53.6 Å². The molecule has 5 rings (SSSR count). The fourth-order valence-corrected chi connectivity index (χ4v) is 4.63. The summed E-state index contributed by atoms with van der Waals surface area (Å²) in [5.41, 5.74) is 3.86. The lowest BCUT2D eigenvalue weighted by molar-refractivity contribution is 0.00148. The predicted molar refractivity (Wildman–Crippen MR) is 114 cm³/mol. The molecule has 1 aliphatic heterocycles. The average molecular weight is 404 g/mol. The van der Waals surface area contributed by atoms with E-state index < -0.39 is 0 Å². The van der Waals surface area contributed by atoms with Gasteiger partial charge in [0.2, 0.25) is 5.95 Å². The highest BCUT2D eigenvalue weighted by Gasteiger charge is 2.39. The van der Waals surface area contributed by atoms with E-state index in [0.717, 1.165) is 24.2 Å². The van der Waals surface area contributed by atoms with Gasteiger partial charge in [0.15, 0.2) is 0 Å². The number of anilines is 1. The third-order valence-corrected chi connectivity index (χ3v) is 6.11. The summed E-state index contributed by atoms with van der Waals surface area (Å²) < 4.78 is 13.4. The molecule has 0 spiro atoms. The number of rotatable bonds is 3. The van der Waals surface area contributed by atoms with Crippen LogP contribution in [-0.4, -0.2) is 40.8 Å². The molecule has 1 saturated heterocycles. The summed E-state index contributed by atoms with van der Waals surface area (Å²) in [6.45, 7) is 1.27. The number of hydrogen-bond donors (Lipinski definition) is 0. The van der Waals surface area contributed by atoms with Crippen LogP contribution in [0.1, 0.15) is 23.7 Å². The smallest absolute Gasteiger partial charge is 0.255 e. The molecular weight excluding hydrogens is 380 g/mol. The van der Waals surface area contributed by atoms with E-state index >= 15 is 0 Å². The van der Waals surface area contributed by atoms with Crippen molar-refractivity contribution in [2.24, 2.45) is 7.05 Å². The fourth-order valence-electron chi connectivity index (χ4n) is 4.63. The second-order valence-electron chi connectivity index (χ2n) is 7.69. The minimum atomic E-state index is -0.0762. The summed E-state index contributed by atoms with van der Waals surface area (Å²) in [6.07, 6.45) is 5.17. The lowest BCUT2D eigenvalue weighted by Crippen LogP contribution is -2.51. The quantitative estimate of drug-likeness (QED) is 0.669. The molecule has 7 nitrogen and oxygen atoms in total. The number of benzene rings is 1. The highest BCUT2D eigenvalue weighted by atomic mass is 16.5. The largest absolute Gasteiger partial charge is 0.496 e. The van der Waals surface area contributed by atoms with E-state index in [1.54, 1.807) is 37.2 Å². The number of aromatic nitrogens is 3. The molecule has 0 unspecified atom stereocenters. The summed E-state index contributed by atoms with van der Waals surface area (Å²) in [6, 6.07) is 11.6. The molecule has 1 aliphatic carbocycles. The zero-order valence-corrected chi connectivity index (χ0v) is 17.1. The monoisotopic (exact) mass is 404 g/mol. The Hall–Kier alpha value is -3.19. The number of ether oxygens (including phenoxy) is 2. The van der Waals surface area contributed by atoms with Crippen LogP contribution in [0, 0.1) is 0 Å². The predicted octanol–water partition coefficient (Wildman–Crippen LogP) is 2.74. The van der Waals surface area contributed by atoms with Crippen LogP contribution in [0.5, 0.6) is 5.75 Å². The van der Waals surface area contributed by atoms with E-state index in [9.17, 15) is 4.79 Å². The molecule has 2 aromatic heterocycles. The Morgan fingerprint density at radius 3 is 2.83 bits per heavy atom. The molecular formula is C23H24N4O3. The standard InChI is InChI=1S/C23H24N4O3/c1-26-21(28)14-18(15-8-10-24-11-9-15)25-23(26)27-12-13-30-22-17-4-3-5-20(29-2)16(17)6-7-19(22)27/h3-5,8-11,14,19,22H,6-7,12-13H2,1-2H3/t19-,22-/m1/s1. The zero-order valence-electron chi connectivity index (χ0n) is 17.1. The summed E-state index contributed by atoms with van der Waals surface area (Å²) in [5.74, 6) is 1.59. The zero-order chi connectivity index (χ0) is 20.7. The Labute approximate surface area is 174 Å². The maximum Gasteiger partial charge on any atom is 0.255 e. The van der Waals surface area contributed by atoms with Crippen molar-refractivity contribution in [1.29, 1.82) is 0 Å². The fraction of sp³-hybridized carbons (Fsp3) is 0.348. The molecule has 2 atom stereocenters. The number of morpholine rings is 1. The third-order valence-electron chi connectivity index (χ3n) is 6.11. The number of pyridine rings is 1. The van der Waals surface area contributed by atoms with Crippen molar-refractivity contribution in [2.45, 2.75) is 25.0 Å². The van der Waals surface area contributed by atoms with E-state index in [1.165, 1.54) is 11.1 Å². The van der Waals surface area contributed by atoms with Gasteiger partial charge in [-0.25, -0.2) is 4.98 Å². The first kappa shape index (κ1) is 18.8. The minimum absolute atomic E-state index is 0.0703. The van der Waals surface area contributed by atoms with Crippen molar-refractivity contribution in [3.63, 3.8) is 0 Å². The first-order valence-electron chi connectivity index (χ1n) is 10.2. The average Bonchev–Trinajstić information content (AvgIpc) is 2.80. The van der Waals surface area contributed by atoms with E-state index in [1.807, 2.05) is 24.3 Å². The Morgan fingerprint density at radius 2 is 2.03 bits per heavy atom. The molecule has 7 heteroatoms. The number of nitrogens with zero attached hydrogens (tertiary/aromatic N) is 4. The summed E-state index contributed by atoms with van der Waals surface area (Å²) in [7, 11) is 3.49. The lowest BCUT2D eigenvalue weighted by Gasteiger charge is -2.45. The Balaban J connectivity index is 1.57. The highest BCUT2D eigenvalue weighted by molar-refractivity contribution is 5.60. The van der Waals surface area contributed by atoms with Crippen LogP contribution in [0.4, 0.5) is 5.95 Å². The molecule has 1 aromatic carbocycles. The maximum atomic E-state index is 12.8. The second kappa shape index (κ2) is 7.57. The summed E-state index contributed by atoms with van der Waals surface area (Å²) in [5, 5.41) is 0. The van der Waals surface area contributed by atoms with Gasteiger partial charge in [0.1, 0.15) is 11.9 Å². The van der Waals surface area contributed by atoms with E-state index in [4.69, 9.17) is 14.5 Å². The van der Waals surface area contributed by atoms with Crippen LogP contribution < -0.4 is 15.2 Å². The minimum Gasteiger partial charge on any atom is -0.496 e. The molecule has 0 amide bonds. The molecule has 0 radical (unpaired) electrons. The SMILES string of the molecule is COc1cccc2c1CC[C@@H]1[C@@H]2OCCN1c1nc(-c2ccncc2)cc(=O)n1C. The molecule has 0 saturated carbocycles. The van der Waals surface area contributed by atoms with Crippen molar-refractivity contribution in [3.05, 3.63) is 70.3 Å². The molecule has 3 heterocycles. The van der Waals surface area contributed by atoms with Crippen molar-refractivity contribution >= 4 is 5.95 Å². The van der Waals surface area contributed by atoms with Crippen molar-refractivity contribution in [1.82, 2.24) is 14.5 Å². The van der Waals surface area contributed by atoms with Gasteiger partial charge < -0.3 is 14.4 Å². The van der Waals surface area contributed by atoms with Gasteiger partial charge in [-0.1, -0.05) is 12.1 Å². The molecule has 2 aliphatic rings. The van der Waals surface area contributed by atoms with Crippen molar-refractivity contribution in [3.8, 4) is 17.0 Å². The third kappa shape index (κ3) is 3.06. The highest BCUT2D eigenvalue weighted by Crippen LogP contribution is 2.42. The molecule has 0 N–H and O–H groups in total. The van der Waals surface area contributed by atoms with E-state index in [2.05, 4.69) is 16.0 Å². The van der Waals surface area contributed by atoms with E-state index in [0.29, 0.717) is 24.8 Å². The number of fused-ring (bicyclic) bond motifs is 3. The lowest BCUT2D eigenvalue weighted by atomic mass is 9.83. The number of hydrogen-bond acceptors (Lipinski definition) is 6. The van der Waals surface area contributed by atoms with Crippen LogP contribution in [-0.2, 0) is 18.2 Å². The summed E-state index contributed by atoms with van der Waals surface area (Å²) in [4.78, 5) is 23.9. The number of methoxy groups -OCH3 is 1. The van der Waals surface area contributed by atoms with Gasteiger partial charge in [0.25, 0.3) is 5.56 Å². The van der Waals surface area contributed by atoms with Gasteiger partial charge >= 0.3 is 0 Å². The van der Waals surface area contributed by atoms with Crippen LogP contribution in [0.3, 0.4) is 0 Å². The Morgan fingerprint density at radius 1 is 1.20 bits per heavy atom. The van der Waals surface area contributed by atoms with Crippen molar-refractivity contribution in [2.75, 3.05) is 25.2 Å². The van der Waals surface area contributed by atoms with Crippen LogP contribution in [0.25, 0.3) is 11.3 Å². The molecule has 1 fully saturated rings. The first-order chi connectivity index (χ1) is 14.7. The Kier molecular flexibility index (Phi) is 4.75. The maximum absolute atomic E-state index is 12.8. The van der Waals surface area contributed by atoms with Crippen molar-refractivity contribution < 1.29 is 9.47 Å². The molecule has 3 aromatic rings. The molecule has 154 valence electrons. The van der Waals surface area contributed by atoms with Gasteiger partial charge in [0, 0.05) is 43.2 Å². The normalized spacial score (nSPS) is 20.4. The topological polar surface area (TPSA) is 69.5 Å². The van der Waals surface area contributed by atoms with Crippen LogP contribution in [0.2, 0.25) is 0 Å². The first-order valence-corrected chi connectivity index (χ1v) is 10.2. The molecule has 0 bridgehead atoms. The van der Waals surface area contributed by atoms with Crippen LogP contribution >= 0.6 is 0 Å². The van der Waals surface area contributed by atoms with E-state index in [-0.39, 0.29) is 17.7 Å². The van der Waals surface area contributed by atoms with Gasteiger partial charge in [-0.3, -0.25) is 14.3 Å².